The molecule has 0 aromatic carbocycles. The molecule has 1 fully saturated rings. The first kappa shape index (κ1) is 18.8. The van der Waals surface area contributed by atoms with Gasteiger partial charge in [-0.3, -0.25) is 4.99 Å². The molecule has 1 aliphatic carbocycles. The fraction of sp³-hybridized carbons (Fsp3) is 0.917. The van der Waals surface area contributed by atoms with Gasteiger partial charge in [0.1, 0.15) is 0 Å². The number of hydrogen-bond donors (Lipinski definition) is 2. The van der Waals surface area contributed by atoms with E-state index < -0.39 is 6.43 Å². The van der Waals surface area contributed by atoms with Gasteiger partial charge >= 0.3 is 0 Å². The van der Waals surface area contributed by atoms with Gasteiger partial charge in [0.25, 0.3) is 6.43 Å². The van der Waals surface area contributed by atoms with Gasteiger partial charge in [0, 0.05) is 27.3 Å². The quantitative estimate of drug-likeness (QED) is 0.398. The molecule has 0 amide bonds. The number of guanidine groups is 1. The van der Waals surface area contributed by atoms with Crippen LogP contribution < -0.4 is 10.6 Å². The monoisotopic (exact) mass is 391 g/mol. The number of nitrogens with one attached hydrogen (secondary N) is 2. The van der Waals surface area contributed by atoms with Crippen LogP contribution in [0.1, 0.15) is 25.7 Å². The summed E-state index contributed by atoms with van der Waals surface area (Å²) < 4.78 is 29.3. The van der Waals surface area contributed by atoms with Crippen molar-refractivity contribution in [2.24, 2.45) is 10.4 Å². The molecular formula is C12H24F2IN3O. The average Bonchev–Trinajstić information content (AvgIpc) is 2.30. The normalized spacial score (nSPS) is 17.6. The van der Waals surface area contributed by atoms with Crippen LogP contribution in [0, 0.1) is 5.41 Å². The van der Waals surface area contributed by atoms with Gasteiger partial charge in [0.05, 0.1) is 6.54 Å². The van der Waals surface area contributed by atoms with Crippen LogP contribution in [-0.4, -0.2) is 46.2 Å². The lowest BCUT2D eigenvalue weighted by Crippen LogP contribution is -2.47. The summed E-state index contributed by atoms with van der Waals surface area (Å²) in [6.45, 7) is 1.13. The number of aliphatic imine (C=N–C) groups is 1. The zero-order chi connectivity index (χ0) is 13.4. The molecule has 0 unspecified atom stereocenters. The number of hydrogen-bond acceptors (Lipinski definition) is 2. The number of methoxy groups -OCH3 is 1. The second-order valence-electron chi connectivity index (χ2n) is 4.79. The first-order valence-corrected chi connectivity index (χ1v) is 6.33. The van der Waals surface area contributed by atoms with E-state index in [-0.39, 0.29) is 35.9 Å². The summed E-state index contributed by atoms with van der Waals surface area (Å²) in [6.07, 6.45) is 2.19. The molecule has 0 bridgehead atoms. The van der Waals surface area contributed by atoms with Crippen LogP contribution in [0.4, 0.5) is 8.78 Å². The van der Waals surface area contributed by atoms with E-state index in [0.717, 1.165) is 32.4 Å². The van der Waals surface area contributed by atoms with Gasteiger partial charge in [-0.05, 0) is 24.7 Å². The molecule has 7 heteroatoms. The summed E-state index contributed by atoms with van der Waals surface area (Å²) in [5.41, 5.74) is 0.248. The minimum absolute atomic E-state index is 0. The van der Waals surface area contributed by atoms with Crippen molar-refractivity contribution in [3.8, 4) is 0 Å². The standard InChI is InChI=1S/C12H23F2N3O.HI/c1-15-11(16-8-10(13)14)17-9-12(4-3-5-12)6-7-18-2;/h10H,3-9H2,1-2H3,(H2,15,16,17);1H. The van der Waals surface area contributed by atoms with Crippen LogP contribution in [0.5, 0.6) is 0 Å². The molecule has 0 heterocycles. The average molecular weight is 391 g/mol. The maximum Gasteiger partial charge on any atom is 0.255 e. The molecule has 4 nitrogen and oxygen atoms in total. The third-order valence-corrected chi connectivity index (χ3v) is 3.53. The SMILES string of the molecule is CN=C(NCC(F)F)NCC1(CCOC)CCC1.I. The summed E-state index contributed by atoms with van der Waals surface area (Å²) in [6, 6.07) is 0. The Morgan fingerprint density at radius 2 is 2.05 bits per heavy atom. The van der Waals surface area contributed by atoms with E-state index in [1.807, 2.05) is 0 Å². The Labute approximate surface area is 130 Å². The number of alkyl halides is 2. The van der Waals surface area contributed by atoms with E-state index in [0.29, 0.717) is 5.96 Å². The Balaban J connectivity index is 0.00000324. The molecule has 0 spiro atoms. The van der Waals surface area contributed by atoms with Crippen molar-refractivity contribution < 1.29 is 13.5 Å². The summed E-state index contributed by atoms with van der Waals surface area (Å²) in [5, 5.41) is 5.73. The van der Waals surface area contributed by atoms with Crippen LogP contribution in [0.2, 0.25) is 0 Å². The Hall–Kier alpha value is -0.180. The highest BCUT2D eigenvalue weighted by atomic mass is 127. The fourth-order valence-corrected chi connectivity index (χ4v) is 2.18. The first-order valence-electron chi connectivity index (χ1n) is 6.33. The number of rotatable bonds is 7. The third kappa shape index (κ3) is 6.69. The molecule has 0 atom stereocenters. The van der Waals surface area contributed by atoms with E-state index in [4.69, 9.17) is 4.74 Å². The fourth-order valence-electron chi connectivity index (χ4n) is 2.18. The van der Waals surface area contributed by atoms with Crippen molar-refractivity contribution in [2.75, 3.05) is 33.9 Å². The lowest BCUT2D eigenvalue weighted by atomic mass is 9.67. The van der Waals surface area contributed by atoms with E-state index in [1.165, 1.54) is 6.42 Å². The van der Waals surface area contributed by atoms with Crippen molar-refractivity contribution in [1.82, 2.24) is 10.6 Å². The van der Waals surface area contributed by atoms with Crippen LogP contribution in [0.3, 0.4) is 0 Å². The Bertz CT molecular complexity index is 274. The Kier molecular flexibility index (Phi) is 9.59. The molecule has 0 saturated heterocycles. The van der Waals surface area contributed by atoms with E-state index in [2.05, 4.69) is 15.6 Å². The molecule has 0 aliphatic heterocycles. The lowest BCUT2D eigenvalue weighted by molar-refractivity contribution is 0.0731. The largest absolute Gasteiger partial charge is 0.385 e. The molecule has 0 aromatic rings. The summed E-state index contributed by atoms with van der Waals surface area (Å²) in [7, 11) is 3.28. The maximum atomic E-state index is 12.1. The van der Waals surface area contributed by atoms with Crippen LogP contribution >= 0.6 is 24.0 Å². The second kappa shape index (κ2) is 9.68. The zero-order valence-electron chi connectivity index (χ0n) is 11.5. The molecule has 0 aromatic heterocycles. The van der Waals surface area contributed by atoms with Gasteiger partial charge in [-0.15, -0.1) is 24.0 Å². The molecule has 19 heavy (non-hydrogen) atoms. The highest BCUT2D eigenvalue weighted by Crippen LogP contribution is 2.43. The van der Waals surface area contributed by atoms with Gasteiger partial charge in [-0.2, -0.15) is 0 Å². The number of halogens is 3. The number of ether oxygens (including phenoxy) is 1. The van der Waals surface area contributed by atoms with Gasteiger partial charge in [-0.25, -0.2) is 8.78 Å². The lowest BCUT2D eigenvalue weighted by Gasteiger charge is -2.42. The Morgan fingerprint density at radius 1 is 1.37 bits per heavy atom. The highest BCUT2D eigenvalue weighted by Gasteiger charge is 2.36. The van der Waals surface area contributed by atoms with Crippen molar-refractivity contribution >= 4 is 29.9 Å². The van der Waals surface area contributed by atoms with Crippen LogP contribution in [0.15, 0.2) is 4.99 Å². The minimum atomic E-state index is -2.37. The van der Waals surface area contributed by atoms with Crippen LogP contribution in [-0.2, 0) is 4.74 Å². The smallest absolute Gasteiger partial charge is 0.255 e. The number of nitrogens with zero attached hydrogens (tertiary/aromatic N) is 1. The molecule has 0 radical (unpaired) electrons. The summed E-state index contributed by atoms with van der Waals surface area (Å²) >= 11 is 0. The Morgan fingerprint density at radius 3 is 2.47 bits per heavy atom. The van der Waals surface area contributed by atoms with E-state index in [9.17, 15) is 8.78 Å². The van der Waals surface area contributed by atoms with Gasteiger partial charge in [-0.1, -0.05) is 6.42 Å². The summed E-state index contributed by atoms with van der Waals surface area (Å²) in [5.74, 6) is 0.444. The third-order valence-electron chi connectivity index (χ3n) is 3.53. The molecule has 1 aliphatic rings. The minimum Gasteiger partial charge on any atom is -0.385 e. The zero-order valence-corrected chi connectivity index (χ0v) is 13.9. The van der Waals surface area contributed by atoms with Gasteiger partial charge in [0.2, 0.25) is 0 Å². The molecule has 1 saturated carbocycles. The van der Waals surface area contributed by atoms with E-state index >= 15 is 0 Å². The van der Waals surface area contributed by atoms with Crippen molar-refractivity contribution in [1.29, 1.82) is 0 Å². The predicted molar refractivity (Wildman–Crippen MR) is 83.6 cm³/mol. The van der Waals surface area contributed by atoms with Crippen LogP contribution in [0.25, 0.3) is 0 Å². The molecule has 114 valence electrons. The molecule has 2 N–H and O–H groups in total. The highest BCUT2D eigenvalue weighted by molar-refractivity contribution is 14.0. The first-order chi connectivity index (χ1) is 8.62. The van der Waals surface area contributed by atoms with Crippen molar-refractivity contribution in [3.63, 3.8) is 0 Å². The predicted octanol–water partition coefficient (Wildman–Crippen LogP) is 2.24. The topological polar surface area (TPSA) is 45.7 Å². The van der Waals surface area contributed by atoms with Gasteiger partial charge < -0.3 is 15.4 Å². The summed E-state index contributed by atoms with van der Waals surface area (Å²) in [4.78, 5) is 3.93. The van der Waals surface area contributed by atoms with Gasteiger partial charge in [0.15, 0.2) is 5.96 Å². The van der Waals surface area contributed by atoms with Crippen molar-refractivity contribution in [2.45, 2.75) is 32.1 Å². The van der Waals surface area contributed by atoms with Crippen molar-refractivity contribution in [3.05, 3.63) is 0 Å². The molecule has 1 rings (SSSR count). The van der Waals surface area contributed by atoms with E-state index in [1.54, 1.807) is 14.2 Å². The molecular weight excluding hydrogens is 367 g/mol. The maximum absolute atomic E-state index is 12.1. The second-order valence-corrected chi connectivity index (χ2v) is 4.79.